The summed E-state index contributed by atoms with van der Waals surface area (Å²) in [5.41, 5.74) is -0.517. The Kier molecular flexibility index (Phi) is 5.94. The van der Waals surface area contributed by atoms with Gasteiger partial charge in [-0.1, -0.05) is 11.6 Å². The number of amides is 2. The van der Waals surface area contributed by atoms with Crippen molar-refractivity contribution in [2.75, 3.05) is 32.8 Å². The first-order valence-corrected chi connectivity index (χ1v) is 8.26. The number of carbonyl (C=O) groups is 2. The fourth-order valence-electron chi connectivity index (χ4n) is 2.23. The zero-order valence-electron chi connectivity index (χ0n) is 14.3. The fraction of sp³-hybridized carbons (Fsp3) is 0.529. The third-order valence-corrected chi connectivity index (χ3v) is 3.71. The highest BCUT2D eigenvalue weighted by molar-refractivity contribution is 6.30. The third kappa shape index (κ3) is 5.60. The molecular weight excluding hydrogens is 332 g/mol. The molecule has 1 saturated heterocycles. The minimum atomic E-state index is -0.517. The highest BCUT2D eigenvalue weighted by atomic mass is 35.5. The molecule has 0 aromatic heterocycles. The van der Waals surface area contributed by atoms with Crippen molar-refractivity contribution in [2.45, 2.75) is 26.4 Å². The van der Waals surface area contributed by atoms with Crippen LogP contribution in [0.25, 0.3) is 0 Å². The lowest BCUT2D eigenvalue weighted by atomic mass is 10.2. The summed E-state index contributed by atoms with van der Waals surface area (Å²) in [6.45, 7) is 7.33. The molecule has 0 saturated carbocycles. The topological polar surface area (TPSA) is 59.1 Å². The van der Waals surface area contributed by atoms with Crippen molar-refractivity contribution in [1.29, 1.82) is 0 Å². The summed E-state index contributed by atoms with van der Waals surface area (Å²) in [7, 11) is 0. The van der Waals surface area contributed by atoms with E-state index >= 15 is 0 Å². The molecule has 1 heterocycles. The van der Waals surface area contributed by atoms with Gasteiger partial charge < -0.3 is 19.3 Å². The normalized spacial score (nSPS) is 15.2. The molecule has 0 atom stereocenters. The Morgan fingerprint density at radius 3 is 2.12 bits per heavy atom. The van der Waals surface area contributed by atoms with Gasteiger partial charge in [0.1, 0.15) is 11.4 Å². The van der Waals surface area contributed by atoms with Gasteiger partial charge in [0, 0.05) is 31.2 Å². The molecule has 1 fully saturated rings. The number of rotatable bonds is 3. The molecule has 132 valence electrons. The average molecular weight is 355 g/mol. The first-order valence-electron chi connectivity index (χ1n) is 7.89. The fourth-order valence-corrected chi connectivity index (χ4v) is 2.36. The number of hydrogen-bond donors (Lipinski definition) is 0. The van der Waals surface area contributed by atoms with E-state index in [9.17, 15) is 9.59 Å². The lowest BCUT2D eigenvalue weighted by Gasteiger charge is -2.35. The Hall–Kier alpha value is -1.95. The zero-order valence-corrected chi connectivity index (χ0v) is 15.0. The molecule has 1 aliphatic rings. The van der Waals surface area contributed by atoms with Gasteiger partial charge in [-0.25, -0.2) is 4.79 Å². The maximum atomic E-state index is 12.2. The number of benzene rings is 1. The van der Waals surface area contributed by atoms with Crippen LogP contribution in [0.2, 0.25) is 5.02 Å². The Morgan fingerprint density at radius 2 is 1.58 bits per heavy atom. The van der Waals surface area contributed by atoms with Crippen LogP contribution in [0.3, 0.4) is 0 Å². The number of piperazine rings is 1. The van der Waals surface area contributed by atoms with Gasteiger partial charge in [-0.05, 0) is 45.0 Å². The molecule has 0 radical (unpaired) electrons. The van der Waals surface area contributed by atoms with Crippen molar-refractivity contribution in [1.82, 2.24) is 9.80 Å². The summed E-state index contributed by atoms with van der Waals surface area (Å²) >= 11 is 5.80. The summed E-state index contributed by atoms with van der Waals surface area (Å²) in [6, 6.07) is 6.86. The van der Waals surface area contributed by atoms with Crippen molar-refractivity contribution in [2.24, 2.45) is 0 Å². The molecule has 7 heteroatoms. The maximum absolute atomic E-state index is 12.2. The van der Waals surface area contributed by atoms with Crippen molar-refractivity contribution in [3.63, 3.8) is 0 Å². The molecule has 0 unspecified atom stereocenters. The van der Waals surface area contributed by atoms with Crippen molar-refractivity contribution >= 4 is 23.6 Å². The number of nitrogens with zero attached hydrogens (tertiary/aromatic N) is 2. The zero-order chi connectivity index (χ0) is 17.7. The smallest absolute Gasteiger partial charge is 0.410 e. The monoisotopic (exact) mass is 354 g/mol. The highest BCUT2D eigenvalue weighted by Crippen LogP contribution is 2.16. The van der Waals surface area contributed by atoms with E-state index in [1.165, 1.54) is 0 Å². The van der Waals surface area contributed by atoms with Gasteiger partial charge >= 0.3 is 6.09 Å². The molecule has 0 N–H and O–H groups in total. The number of halogens is 1. The van der Waals surface area contributed by atoms with Gasteiger partial charge in [0.2, 0.25) is 0 Å². The summed E-state index contributed by atoms with van der Waals surface area (Å²) in [4.78, 5) is 27.5. The van der Waals surface area contributed by atoms with Crippen molar-refractivity contribution in [3.05, 3.63) is 29.3 Å². The van der Waals surface area contributed by atoms with Gasteiger partial charge in [0.15, 0.2) is 6.61 Å². The quantitative estimate of drug-likeness (QED) is 0.837. The maximum Gasteiger partial charge on any atom is 0.410 e. The van der Waals surface area contributed by atoms with E-state index in [0.29, 0.717) is 37.0 Å². The molecule has 0 aliphatic carbocycles. The molecule has 24 heavy (non-hydrogen) atoms. The Balaban J connectivity index is 1.76. The van der Waals surface area contributed by atoms with E-state index in [4.69, 9.17) is 21.1 Å². The predicted molar refractivity (Wildman–Crippen MR) is 91.3 cm³/mol. The molecule has 1 aliphatic heterocycles. The van der Waals surface area contributed by atoms with Crippen LogP contribution in [0.15, 0.2) is 24.3 Å². The average Bonchev–Trinajstić information content (AvgIpc) is 2.52. The summed E-state index contributed by atoms with van der Waals surface area (Å²) in [5, 5.41) is 0.618. The van der Waals surface area contributed by atoms with Gasteiger partial charge in [-0.15, -0.1) is 0 Å². The van der Waals surface area contributed by atoms with Crippen LogP contribution in [0.1, 0.15) is 20.8 Å². The number of hydrogen-bond acceptors (Lipinski definition) is 4. The van der Waals surface area contributed by atoms with Crippen LogP contribution >= 0.6 is 11.6 Å². The molecule has 2 rings (SSSR count). The Bertz CT molecular complexity index is 575. The molecule has 6 nitrogen and oxygen atoms in total. The second-order valence-electron chi connectivity index (χ2n) is 6.59. The molecular formula is C17H23ClN2O4. The third-order valence-electron chi connectivity index (χ3n) is 3.46. The molecule has 1 aromatic rings. The largest absolute Gasteiger partial charge is 0.484 e. The van der Waals surface area contributed by atoms with Crippen LogP contribution < -0.4 is 4.74 Å². The lowest BCUT2D eigenvalue weighted by Crippen LogP contribution is -2.52. The van der Waals surface area contributed by atoms with Crippen LogP contribution in [-0.2, 0) is 9.53 Å². The van der Waals surface area contributed by atoms with Gasteiger partial charge in [0.05, 0.1) is 0 Å². The minimum Gasteiger partial charge on any atom is -0.484 e. The van der Waals surface area contributed by atoms with Crippen LogP contribution in [0.4, 0.5) is 4.79 Å². The standard InChI is InChI=1S/C17H23ClN2O4/c1-17(2,3)24-16(22)20-10-8-19(9-11-20)15(21)12-23-14-6-4-13(18)5-7-14/h4-7H,8-12H2,1-3H3. The van der Waals surface area contributed by atoms with E-state index < -0.39 is 5.60 Å². The Labute approximate surface area is 147 Å². The van der Waals surface area contributed by atoms with E-state index in [2.05, 4.69) is 0 Å². The summed E-state index contributed by atoms with van der Waals surface area (Å²) < 4.78 is 10.8. The SMILES string of the molecule is CC(C)(C)OC(=O)N1CCN(C(=O)COc2ccc(Cl)cc2)CC1. The van der Waals surface area contributed by atoms with Crippen molar-refractivity contribution in [3.8, 4) is 5.75 Å². The number of ether oxygens (including phenoxy) is 2. The highest BCUT2D eigenvalue weighted by Gasteiger charge is 2.27. The molecule has 0 spiro atoms. The van der Waals surface area contributed by atoms with Crippen LogP contribution in [-0.4, -0.2) is 60.2 Å². The lowest BCUT2D eigenvalue weighted by molar-refractivity contribution is -0.135. The second-order valence-corrected chi connectivity index (χ2v) is 7.03. The van der Waals surface area contributed by atoms with E-state index in [1.54, 1.807) is 34.1 Å². The van der Waals surface area contributed by atoms with Crippen molar-refractivity contribution < 1.29 is 19.1 Å². The van der Waals surface area contributed by atoms with Gasteiger partial charge in [-0.3, -0.25) is 4.79 Å². The number of carbonyl (C=O) groups excluding carboxylic acids is 2. The predicted octanol–water partition coefficient (Wildman–Crippen LogP) is 2.80. The first kappa shape index (κ1) is 18.4. The van der Waals surface area contributed by atoms with E-state index in [1.807, 2.05) is 20.8 Å². The minimum absolute atomic E-state index is 0.0337. The summed E-state index contributed by atoms with van der Waals surface area (Å²) in [6.07, 6.45) is -0.341. The van der Waals surface area contributed by atoms with Gasteiger partial charge in [0.25, 0.3) is 5.91 Å². The van der Waals surface area contributed by atoms with E-state index in [0.717, 1.165) is 0 Å². The first-order chi connectivity index (χ1) is 11.2. The molecule has 0 bridgehead atoms. The molecule has 2 amide bonds. The second kappa shape index (κ2) is 7.75. The van der Waals surface area contributed by atoms with Crippen LogP contribution in [0.5, 0.6) is 5.75 Å². The molecule has 1 aromatic carbocycles. The van der Waals surface area contributed by atoms with Gasteiger partial charge in [-0.2, -0.15) is 0 Å². The summed E-state index contributed by atoms with van der Waals surface area (Å²) in [5.74, 6) is 0.494. The van der Waals surface area contributed by atoms with E-state index in [-0.39, 0.29) is 18.6 Å². The van der Waals surface area contributed by atoms with Crippen LogP contribution in [0, 0.1) is 0 Å². The Morgan fingerprint density at radius 1 is 1.04 bits per heavy atom.